The Balaban J connectivity index is -0.000000328. The lowest BCUT2D eigenvalue weighted by molar-refractivity contribution is 1.50. The summed E-state index contributed by atoms with van der Waals surface area (Å²) >= 11 is 0. The van der Waals surface area contributed by atoms with Crippen molar-refractivity contribution >= 4 is 25.3 Å². The summed E-state index contributed by atoms with van der Waals surface area (Å²) in [5.41, 5.74) is 0. The molecule has 0 spiro atoms. The molecule has 0 aliphatic carbocycles. The second kappa shape index (κ2) is 26.1. The molecule has 0 bridgehead atoms. The Morgan fingerprint density at radius 2 is 0.633 bits per heavy atom. The number of hydrogen-bond acceptors (Lipinski definition) is 0. The maximum Gasteiger partial charge on any atom is -0.0299 e. The van der Waals surface area contributed by atoms with Crippen LogP contribution in [0.1, 0.15) is 55.4 Å². The highest BCUT2D eigenvalue weighted by Crippen LogP contribution is 1.80. The molecule has 0 aliphatic heterocycles. The topological polar surface area (TPSA) is 0 Å². The van der Waals surface area contributed by atoms with E-state index in [1.165, 1.54) is 10.4 Å². The number of benzene rings is 3. The average molecular weight is 405 g/mol. The molecule has 0 nitrogen and oxygen atoms in total. The van der Waals surface area contributed by atoms with E-state index in [0.717, 1.165) is 10.4 Å². The molecule has 0 heterocycles. The molecule has 3 aromatic rings. The SMILES string of the molecule is C=c1ccc(=CC)cc1.C=c1ccc(=CC)cc1.CC.CC.CC.c1ccccc1. The largest absolute Gasteiger partial charge is 0.0918 e. The minimum atomic E-state index is 1.07. The Bertz CT molecular complexity index is 769. The van der Waals surface area contributed by atoms with Gasteiger partial charge in [0.15, 0.2) is 0 Å². The van der Waals surface area contributed by atoms with E-state index in [0.29, 0.717) is 0 Å². The van der Waals surface area contributed by atoms with Crippen LogP contribution in [0.15, 0.2) is 84.9 Å². The zero-order chi connectivity index (χ0) is 23.6. The molecule has 0 saturated heterocycles. The van der Waals surface area contributed by atoms with E-state index in [2.05, 4.69) is 49.6 Å². The van der Waals surface area contributed by atoms with Gasteiger partial charge in [0.1, 0.15) is 0 Å². The van der Waals surface area contributed by atoms with E-state index in [1.54, 1.807) is 0 Å². The van der Waals surface area contributed by atoms with E-state index in [9.17, 15) is 0 Å². The van der Waals surface area contributed by atoms with Crippen LogP contribution in [0.3, 0.4) is 0 Å². The van der Waals surface area contributed by atoms with Crippen LogP contribution < -0.4 is 20.9 Å². The van der Waals surface area contributed by atoms with E-state index in [-0.39, 0.29) is 0 Å². The zero-order valence-electron chi connectivity index (χ0n) is 20.7. The predicted molar refractivity (Wildman–Crippen MR) is 143 cm³/mol. The van der Waals surface area contributed by atoms with Crippen LogP contribution in [-0.2, 0) is 0 Å². The predicted octanol–water partition coefficient (Wildman–Crippen LogP) is 6.56. The summed E-state index contributed by atoms with van der Waals surface area (Å²) in [4.78, 5) is 0. The van der Waals surface area contributed by atoms with Gasteiger partial charge in [0.2, 0.25) is 0 Å². The fourth-order valence-corrected chi connectivity index (χ4v) is 1.81. The Morgan fingerprint density at radius 1 is 0.433 bits per heavy atom. The molecular weight excluding hydrogens is 360 g/mol. The highest BCUT2D eigenvalue weighted by Gasteiger charge is 1.73. The molecule has 0 radical (unpaired) electrons. The fourth-order valence-electron chi connectivity index (χ4n) is 1.81. The molecule has 30 heavy (non-hydrogen) atoms. The van der Waals surface area contributed by atoms with Gasteiger partial charge in [-0.3, -0.25) is 0 Å². The van der Waals surface area contributed by atoms with Crippen LogP contribution in [0.25, 0.3) is 25.3 Å². The molecule has 164 valence electrons. The average Bonchev–Trinajstić information content (AvgIpc) is 2.86. The van der Waals surface area contributed by atoms with Gasteiger partial charge in [-0.2, -0.15) is 0 Å². The van der Waals surface area contributed by atoms with Gasteiger partial charge in [0, 0.05) is 0 Å². The molecule has 0 heteroatoms. The highest BCUT2D eigenvalue weighted by molar-refractivity contribution is 5.22. The molecule has 0 saturated carbocycles. The summed E-state index contributed by atoms with van der Waals surface area (Å²) in [6.45, 7) is 23.6. The first-order valence-corrected chi connectivity index (χ1v) is 11.1. The van der Waals surface area contributed by atoms with Crippen molar-refractivity contribution < 1.29 is 0 Å². The molecule has 0 aromatic heterocycles. The summed E-state index contributed by atoms with van der Waals surface area (Å²) in [5, 5.41) is 4.64. The van der Waals surface area contributed by atoms with Crippen LogP contribution in [0.2, 0.25) is 0 Å². The molecule has 3 aromatic carbocycles. The summed E-state index contributed by atoms with van der Waals surface area (Å²) in [7, 11) is 0. The third-order valence-corrected chi connectivity index (χ3v) is 3.29. The van der Waals surface area contributed by atoms with Crippen molar-refractivity contribution in [2.75, 3.05) is 0 Å². The molecule has 0 aliphatic rings. The normalized spacial score (nSPS) is 7.60. The third-order valence-electron chi connectivity index (χ3n) is 3.29. The van der Waals surface area contributed by atoms with Crippen molar-refractivity contribution in [1.29, 1.82) is 0 Å². The minimum absolute atomic E-state index is 1.07. The summed E-state index contributed by atoms with van der Waals surface area (Å²) in [6, 6.07) is 28.3. The van der Waals surface area contributed by atoms with Gasteiger partial charge in [-0.1, -0.05) is 152 Å². The maximum atomic E-state index is 3.78. The third kappa shape index (κ3) is 19.9. The lowest BCUT2D eigenvalue weighted by Gasteiger charge is -1.81. The van der Waals surface area contributed by atoms with E-state index >= 15 is 0 Å². The van der Waals surface area contributed by atoms with Crippen LogP contribution >= 0.6 is 0 Å². The summed E-state index contributed by atoms with van der Waals surface area (Å²) in [6.07, 6.45) is 4.14. The molecule has 0 N–H and O–H groups in total. The quantitative estimate of drug-likeness (QED) is 0.398. The number of hydrogen-bond donors (Lipinski definition) is 0. The lowest BCUT2D eigenvalue weighted by Crippen LogP contribution is -2.03. The van der Waals surface area contributed by atoms with Gasteiger partial charge in [-0.15, -0.1) is 0 Å². The Morgan fingerprint density at radius 3 is 0.800 bits per heavy atom. The van der Waals surface area contributed by atoms with Gasteiger partial charge in [0.05, 0.1) is 0 Å². The van der Waals surface area contributed by atoms with Crippen molar-refractivity contribution in [3.05, 3.63) is 106 Å². The van der Waals surface area contributed by atoms with Crippen LogP contribution in [0.4, 0.5) is 0 Å². The number of rotatable bonds is 0. The summed E-state index contributed by atoms with van der Waals surface area (Å²) < 4.78 is 0. The Hall–Kier alpha value is -2.86. The molecule has 0 fully saturated rings. The van der Waals surface area contributed by atoms with Gasteiger partial charge in [0.25, 0.3) is 0 Å². The summed E-state index contributed by atoms with van der Waals surface area (Å²) in [5.74, 6) is 0. The van der Waals surface area contributed by atoms with Gasteiger partial charge in [-0.05, 0) is 34.7 Å². The zero-order valence-corrected chi connectivity index (χ0v) is 20.7. The molecule has 3 rings (SSSR count). The van der Waals surface area contributed by atoms with E-state index in [1.807, 2.05) is 116 Å². The first-order chi connectivity index (χ1) is 14.7. The lowest BCUT2D eigenvalue weighted by atomic mass is 10.2. The van der Waals surface area contributed by atoms with E-state index < -0.39 is 0 Å². The van der Waals surface area contributed by atoms with Crippen molar-refractivity contribution in [1.82, 2.24) is 0 Å². The van der Waals surface area contributed by atoms with Crippen molar-refractivity contribution in [2.24, 2.45) is 0 Å². The molecule has 0 unspecified atom stereocenters. The first kappa shape index (κ1) is 31.8. The van der Waals surface area contributed by atoms with Crippen molar-refractivity contribution in [3.8, 4) is 0 Å². The fraction of sp³-hybridized carbons (Fsp3) is 0.267. The molecular formula is C30H44. The highest BCUT2D eigenvalue weighted by atomic mass is 13.8. The van der Waals surface area contributed by atoms with Crippen molar-refractivity contribution in [3.63, 3.8) is 0 Å². The molecule has 0 atom stereocenters. The van der Waals surface area contributed by atoms with Crippen LogP contribution in [-0.4, -0.2) is 0 Å². The van der Waals surface area contributed by atoms with Gasteiger partial charge < -0.3 is 0 Å². The van der Waals surface area contributed by atoms with Crippen LogP contribution in [0, 0.1) is 0 Å². The first-order valence-electron chi connectivity index (χ1n) is 11.1. The van der Waals surface area contributed by atoms with Gasteiger partial charge in [-0.25, -0.2) is 0 Å². The second-order valence-electron chi connectivity index (χ2n) is 5.22. The minimum Gasteiger partial charge on any atom is -0.0918 e. The van der Waals surface area contributed by atoms with Gasteiger partial charge >= 0.3 is 0 Å². The smallest absolute Gasteiger partial charge is 0.0299 e. The Kier molecular flexibility index (Phi) is 27.7. The standard InChI is InChI=1S/2C9H10.C6H6.3C2H6/c2*1-3-9-6-4-8(2)5-7-9;1-2-4-6-5-3-1;3*1-2/h2*3-7H,2H2,1H3;1-6H;3*1-2H3. The molecule has 0 amide bonds. The Labute approximate surface area is 186 Å². The monoisotopic (exact) mass is 404 g/mol. The van der Waals surface area contributed by atoms with Crippen molar-refractivity contribution in [2.45, 2.75) is 55.4 Å². The maximum absolute atomic E-state index is 3.78. The van der Waals surface area contributed by atoms with Crippen LogP contribution in [0.5, 0.6) is 0 Å². The van der Waals surface area contributed by atoms with E-state index in [4.69, 9.17) is 0 Å². The second-order valence-corrected chi connectivity index (χ2v) is 5.22.